The Balaban J connectivity index is 1.73. The number of fused-ring (bicyclic) bond motifs is 1. The Morgan fingerprint density at radius 3 is 2.39 bits per heavy atom. The van der Waals surface area contributed by atoms with Gasteiger partial charge in [-0.1, -0.05) is 51.8 Å². The number of hydrogen-bond acceptors (Lipinski definition) is 4. The first-order chi connectivity index (χ1) is 13.6. The van der Waals surface area contributed by atoms with Crippen molar-refractivity contribution >= 4 is 50.0 Å². The summed E-state index contributed by atoms with van der Waals surface area (Å²) in [6.07, 6.45) is 0. The van der Waals surface area contributed by atoms with Gasteiger partial charge in [-0.3, -0.25) is 5.43 Å². The monoisotopic (exact) mass is 450 g/mol. The van der Waals surface area contributed by atoms with E-state index in [4.69, 9.17) is 16.6 Å². The largest absolute Gasteiger partial charge is 0.260 e. The molecule has 0 amide bonds. The Bertz CT molecular complexity index is 1160. The molecule has 0 aliphatic rings. The van der Waals surface area contributed by atoms with Gasteiger partial charge in [0.1, 0.15) is 0 Å². The van der Waals surface area contributed by atoms with Crippen LogP contribution >= 0.6 is 27.5 Å². The quantitative estimate of drug-likeness (QED) is 0.283. The van der Waals surface area contributed by atoms with Gasteiger partial charge in [-0.15, -0.1) is 0 Å². The van der Waals surface area contributed by atoms with Gasteiger partial charge in [-0.25, -0.2) is 9.97 Å². The van der Waals surface area contributed by atoms with Crippen molar-refractivity contribution in [1.82, 2.24) is 9.97 Å². The fourth-order valence-corrected chi connectivity index (χ4v) is 3.17. The molecule has 0 spiro atoms. The van der Waals surface area contributed by atoms with Crippen molar-refractivity contribution < 1.29 is 0 Å². The van der Waals surface area contributed by atoms with Crippen LogP contribution in [0.15, 0.2) is 82.4 Å². The molecule has 0 saturated heterocycles. The third-order valence-corrected chi connectivity index (χ3v) is 5.08. The van der Waals surface area contributed by atoms with Gasteiger partial charge in [0, 0.05) is 20.4 Å². The van der Waals surface area contributed by atoms with Crippen LogP contribution in [0.5, 0.6) is 0 Å². The van der Waals surface area contributed by atoms with Gasteiger partial charge in [0.2, 0.25) is 0 Å². The fraction of sp³-hybridized carbons (Fsp3) is 0.0455. The van der Waals surface area contributed by atoms with E-state index in [1.54, 1.807) is 0 Å². The molecular weight excluding hydrogens is 436 g/mol. The molecule has 0 aliphatic carbocycles. The van der Waals surface area contributed by atoms with Crippen LogP contribution in [0.4, 0.5) is 5.82 Å². The Morgan fingerprint density at radius 1 is 0.929 bits per heavy atom. The molecule has 0 atom stereocenters. The molecule has 4 aromatic rings. The van der Waals surface area contributed by atoms with Crippen molar-refractivity contribution in [2.45, 2.75) is 6.92 Å². The van der Waals surface area contributed by atoms with Crippen molar-refractivity contribution in [2.24, 2.45) is 5.10 Å². The SMILES string of the molecule is CC(=NNc1nc(-c2ccc(Cl)cc2)nc2ccccc12)c1ccc(Br)cc1. The molecule has 4 rings (SSSR count). The van der Waals surface area contributed by atoms with Crippen LogP contribution in [0.3, 0.4) is 0 Å². The molecule has 3 aromatic carbocycles. The average Bonchev–Trinajstić information content (AvgIpc) is 2.72. The average molecular weight is 452 g/mol. The Hall–Kier alpha value is -2.76. The van der Waals surface area contributed by atoms with Gasteiger partial charge in [0.15, 0.2) is 11.6 Å². The van der Waals surface area contributed by atoms with Gasteiger partial charge >= 0.3 is 0 Å². The second kappa shape index (κ2) is 8.09. The number of nitrogens with one attached hydrogen (secondary N) is 1. The summed E-state index contributed by atoms with van der Waals surface area (Å²) in [5.41, 5.74) is 6.76. The minimum absolute atomic E-state index is 0.620. The van der Waals surface area contributed by atoms with E-state index in [-0.39, 0.29) is 0 Å². The number of benzene rings is 3. The normalized spacial score (nSPS) is 11.6. The molecule has 138 valence electrons. The van der Waals surface area contributed by atoms with E-state index in [1.165, 1.54) is 0 Å². The van der Waals surface area contributed by atoms with E-state index in [2.05, 4.69) is 31.4 Å². The Labute approximate surface area is 176 Å². The number of anilines is 1. The second-order valence-corrected chi connectivity index (χ2v) is 7.59. The van der Waals surface area contributed by atoms with Gasteiger partial charge in [0.05, 0.1) is 11.2 Å². The first-order valence-electron chi connectivity index (χ1n) is 8.69. The molecular formula is C22H16BrClN4. The van der Waals surface area contributed by atoms with Crippen LogP contribution < -0.4 is 5.43 Å². The van der Waals surface area contributed by atoms with Crippen LogP contribution in [-0.2, 0) is 0 Å². The summed E-state index contributed by atoms with van der Waals surface area (Å²) in [4.78, 5) is 9.38. The number of nitrogens with zero attached hydrogens (tertiary/aromatic N) is 3. The van der Waals surface area contributed by atoms with Crippen molar-refractivity contribution in [3.8, 4) is 11.4 Å². The Morgan fingerprint density at radius 2 is 1.64 bits per heavy atom. The molecule has 0 bridgehead atoms. The number of para-hydroxylation sites is 1. The summed E-state index contributed by atoms with van der Waals surface area (Å²) in [7, 11) is 0. The van der Waals surface area contributed by atoms with Crippen LogP contribution in [0.25, 0.3) is 22.3 Å². The zero-order valence-corrected chi connectivity index (χ0v) is 17.4. The second-order valence-electron chi connectivity index (χ2n) is 6.24. The maximum absolute atomic E-state index is 6.00. The summed E-state index contributed by atoms with van der Waals surface area (Å²) >= 11 is 9.46. The van der Waals surface area contributed by atoms with Crippen LogP contribution in [-0.4, -0.2) is 15.7 Å². The number of hydrogen-bond donors (Lipinski definition) is 1. The lowest BCUT2D eigenvalue weighted by Gasteiger charge is -2.09. The number of hydrazone groups is 1. The van der Waals surface area contributed by atoms with E-state index >= 15 is 0 Å². The summed E-state index contributed by atoms with van der Waals surface area (Å²) in [5, 5.41) is 6.12. The van der Waals surface area contributed by atoms with Gasteiger partial charge in [-0.05, 0) is 61.0 Å². The van der Waals surface area contributed by atoms with Crippen LogP contribution in [0.1, 0.15) is 12.5 Å². The smallest absolute Gasteiger partial charge is 0.162 e. The van der Waals surface area contributed by atoms with Crippen molar-refractivity contribution in [2.75, 3.05) is 5.43 Å². The third-order valence-electron chi connectivity index (χ3n) is 4.30. The standard InChI is InChI=1S/C22H16BrClN4/c1-14(15-6-10-17(23)11-7-15)27-28-22-19-4-2-3-5-20(19)25-21(26-22)16-8-12-18(24)13-9-16/h2-13H,1H3,(H,25,26,28). The lowest BCUT2D eigenvalue weighted by molar-refractivity contribution is 1.18. The van der Waals surface area contributed by atoms with Crippen molar-refractivity contribution in [3.05, 3.63) is 87.9 Å². The predicted octanol–water partition coefficient (Wildman–Crippen LogP) is 6.55. The van der Waals surface area contributed by atoms with E-state index in [1.807, 2.05) is 79.7 Å². The highest BCUT2D eigenvalue weighted by Crippen LogP contribution is 2.26. The van der Waals surface area contributed by atoms with Gasteiger partial charge in [-0.2, -0.15) is 5.10 Å². The number of rotatable bonds is 4. The summed E-state index contributed by atoms with van der Waals surface area (Å²) < 4.78 is 1.03. The van der Waals surface area contributed by atoms with E-state index in [9.17, 15) is 0 Å². The maximum Gasteiger partial charge on any atom is 0.162 e. The summed E-state index contributed by atoms with van der Waals surface area (Å²) in [5.74, 6) is 1.28. The molecule has 0 unspecified atom stereocenters. The van der Waals surface area contributed by atoms with E-state index in [0.717, 1.165) is 32.2 Å². The first-order valence-corrected chi connectivity index (χ1v) is 9.86. The third kappa shape index (κ3) is 4.06. The first kappa shape index (κ1) is 18.6. The van der Waals surface area contributed by atoms with Crippen LogP contribution in [0, 0.1) is 0 Å². The van der Waals surface area contributed by atoms with Crippen molar-refractivity contribution in [1.29, 1.82) is 0 Å². The van der Waals surface area contributed by atoms with E-state index < -0.39 is 0 Å². The van der Waals surface area contributed by atoms with Gasteiger partial charge in [0.25, 0.3) is 0 Å². The highest BCUT2D eigenvalue weighted by atomic mass is 79.9. The molecule has 0 fully saturated rings. The number of halogens is 2. The predicted molar refractivity (Wildman–Crippen MR) is 120 cm³/mol. The number of aromatic nitrogens is 2. The van der Waals surface area contributed by atoms with Gasteiger partial charge < -0.3 is 0 Å². The molecule has 0 saturated carbocycles. The zero-order valence-electron chi connectivity index (χ0n) is 15.0. The molecule has 1 N–H and O–H groups in total. The molecule has 6 heteroatoms. The highest BCUT2D eigenvalue weighted by Gasteiger charge is 2.09. The van der Waals surface area contributed by atoms with Crippen molar-refractivity contribution in [3.63, 3.8) is 0 Å². The summed E-state index contributed by atoms with van der Waals surface area (Å²) in [6, 6.07) is 23.4. The van der Waals surface area contributed by atoms with E-state index in [0.29, 0.717) is 16.7 Å². The van der Waals surface area contributed by atoms with Crippen LogP contribution in [0.2, 0.25) is 5.02 Å². The maximum atomic E-state index is 6.00. The highest BCUT2D eigenvalue weighted by molar-refractivity contribution is 9.10. The molecule has 0 radical (unpaired) electrons. The molecule has 28 heavy (non-hydrogen) atoms. The summed E-state index contributed by atoms with van der Waals surface area (Å²) in [6.45, 7) is 1.96. The lowest BCUT2D eigenvalue weighted by Crippen LogP contribution is -2.03. The Kier molecular flexibility index (Phi) is 5.37. The molecule has 4 nitrogen and oxygen atoms in total. The fourth-order valence-electron chi connectivity index (χ4n) is 2.78. The topological polar surface area (TPSA) is 50.2 Å². The zero-order chi connectivity index (χ0) is 19.5. The molecule has 1 heterocycles. The lowest BCUT2D eigenvalue weighted by atomic mass is 10.1. The molecule has 0 aliphatic heterocycles. The molecule has 1 aromatic heterocycles. The minimum Gasteiger partial charge on any atom is -0.260 e. The minimum atomic E-state index is 0.620.